The minimum atomic E-state index is -4.84. The molecule has 1 saturated carbocycles. The maximum atomic E-state index is 13.0. The van der Waals surface area contributed by atoms with Crippen molar-refractivity contribution < 1.29 is 17.1 Å². The fourth-order valence-electron chi connectivity index (χ4n) is 2.72. The quantitative estimate of drug-likeness (QED) is 0.823. The van der Waals surface area contributed by atoms with Gasteiger partial charge in [-0.25, -0.2) is 0 Å². The summed E-state index contributed by atoms with van der Waals surface area (Å²) in [7, 11) is -4.84. The van der Waals surface area contributed by atoms with Crippen LogP contribution in [0, 0.1) is 0 Å². The van der Waals surface area contributed by atoms with Crippen LogP contribution >= 0.6 is 11.6 Å². The van der Waals surface area contributed by atoms with Crippen molar-refractivity contribution in [1.82, 2.24) is 5.32 Å². The smallest absolute Gasteiger partial charge is 0.332 e. The number of carbonyl (C=O) groups excluding carboxylic acids is 1. The first kappa shape index (κ1) is 16.9. The van der Waals surface area contributed by atoms with Crippen molar-refractivity contribution in [2.24, 2.45) is 0 Å². The average Bonchev–Trinajstić information content (AvgIpc) is 3.33. The van der Waals surface area contributed by atoms with E-state index in [0.29, 0.717) is 11.6 Å². The van der Waals surface area contributed by atoms with E-state index >= 15 is 0 Å². The minimum absolute atomic E-state index is 0.101. The van der Waals surface area contributed by atoms with E-state index in [-0.39, 0.29) is 11.0 Å². The molecule has 1 N–H and O–H groups in total. The van der Waals surface area contributed by atoms with Crippen LogP contribution in [0.2, 0.25) is 5.02 Å². The molecule has 0 saturated heterocycles. The Kier molecular flexibility index (Phi) is 4.36. The van der Waals surface area contributed by atoms with E-state index in [1.165, 1.54) is 12.1 Å². The Bertz CT molecular complexity index is 894. The summed E-state index contributed by atoms with van der Waals surface area (Å²) in [6.45, 7) is 0.391. The second-order valence-electron chi connectivity index (χ2n) is 5.91. The van der Waals surface area contributed by atoms with Crippen LogP contribution in [-0.4, -0.2) is 20.9 Å². The van der Waals surface area contributed by atoms with Crippen LogP contribution in [0.25, 0.3) is 0 Å². The van der Waals surface area contributed by atoms with E-state index in [9.17, 15) is 17.1 Å². The number of carbonyl (C=O) groups is 1. The van der Waals surface area contributed by atoms with E-state index in [1.807, 2.05) is 24.3 Å². The lowest BCUT2D eigenvalue weighted by atomic mass is 9.95. The standard InChI is InChI=1S/C17H15ClFNO3S/c18-15-7-2-1-6-14(15)17(8-9-17)11-20-16(21)12-4-3-5-13(10-12)24(19,22)23/h1-7,10H,8-9,11H2,(H,20,21). The van der Waals surface area contributed by atoms with Gasteiger partial charge in [0.2, 0.25) is 0 Å². The summed E-state index contributed by atoms with van der Waals surface area (Å²) in [6, 6.07) is 12.4. The summed E-state index contributed by atoms with van der Waals surface area (Å²) in [5.41, 5.74) is 0.911. The summed E-state index contributed by atoms with van der Waals surface area (Å²) in [6.07, 6.45) is 1.83. The number of hydrogen-bond acceptors (Lipinski definition) is 3. The van der Waals surface area contributed by atoms with Crippen LogP contribution in [0.5, 0.6) is 0 Å². The van der Waals surface area contributed by atoms with Gasteiger partial charge >= 0.3 is 10.2 Å². The molecule has 0 radical (unpaired) electrons. The van der Waals surface area contributed by atoms with Crippen LogP contribution in [0.15, 0.2) is 53.4 Å². The number of amides is 1. The second kappa shape index (κ2) is 6.18. The lowest BCUT2D eigenvalue weighted by Gasteiger charge is -2.18. The molecule has 24 heavy (non-hydrogen) atoms. The molecular weight excluding hydrogens is 353 g/mol. The predicted octanol–water partition coefficient (Wildman–Crippen LogP) is 3.46. The highest BCUT2D eigenvalue weighted by molar-refractivity contribution is 7.86. The van der Waals surface area contributed by atoms with Gasteiger partial charge in [0.15, 0.2) is 0 Å². The zero-order chi connectivity index (χ0) is 17.4. The maximum absolute atomic E-state index is 13.0. The molecule has 1 aliphatic rings. The van der Waals surface area contributed by atoms with E-state index < -0.39 is 21.0 Å². The van der Waals surface area contributed by atoms with E-state index in [4.69, 9.17) is 11.6 Å². The SMILES string of the molecule is O=C(NCC1(c2ccccc2Cl)CC1)c1cccc(S(=O)(=O)F)c1. The van der Waals surface area contributed by atoms with E-state index in [2.05, 4.69) is 5.32 Å². The van der Waals surface area contributed by atoms with Gasteiger partial charge in [0, 0.05) is 22.5 Å². The third-order valence-corrected chi connectivity index (χ3v) is 5.41. The van der Waals surface area contributed by atoms with Gasteiger partial charge in [-0.2, -0.15) is 8.42 Å². The van der Waals surface area contributed by atoms with Crippen molar-refractivity contribution in [1.29, 1.82) is 0 Å². The number of benzene rings is 2. The predicted molar refractivity (Wildman–Crippen MR) is 89.4 cm³/mol. The van der Waals surface area contributed by atoms with E-state index in [0.717, 1.165) is 30.5 Å². The maximum Gasteiger partial charge on any atom is 0.332 e. The Balaban J connectivity index is 1.74. The zero-order valence-corrected chi connectivity index (χ0v) is 14.2. The van der Waals surface area contributed by atoms with Gasteiger partial charge in [0.25, 0.3) is 5.91 Å². The van der Waals surface area contributed by atoms with E-state index in [1.54, 1.807) is 0 Å². The monoisotopic (exact) mass is 367 g/mol. The molecule has 3 rings (SSSR count). The third kappa shape index (κ3) is 3.44. The van der Waals surface area contributed by atoms with Crippen molar-refractivity contribution in [3.63, 3.8) is 0 Å². The molecule has 2 aromatic rings. The zero-order valence-electron chi connectivity index (χ0n) is 12.6. The fraction of sp³-hybridized carbons (Fsp3) is 0.235. The first-order valence-electron chi connectivity index (χ1n) is 7.40. The first-order valence-corrected chi connectivity index (χ1v) is 9.16. The molecule has 0 unspecified atom stereocenters. The summed E-state index contributed by atoms with van der Waals surface area (Å²) >= 11 is 6.23. The van der Waals surface area contributed by atoms with Crippen LogP contribution in [0.1, 0.15) is 28.8 Å². The largest absolute Gasteiger partial charge is 0.351 e. The highest BCUT2D eigenvalue weighted by atomic mass is 35.5. The topological polar surface area (TPSA) is 63.2 Å². The number of halogens is 2. The van der Waals surface area contributed by atoms with Gasteiger partial charge in [-0.05, 0) is 42.7 Å². The number of nitrogens with one attached hydrogen (secondary N) is 1. The molecule has 0 heterocycles. The Morgan fingerprint density at radius 2 is 1.88 bits per heavy atom. The highest BCUT2D eigenvalue weighted by Crippen LogP contribution is 2.49. The first-order chi connectivity index (χ1) is 11.3. The molecule has 1 fully saturated rings. The van der Waals surface area contributed by atoms with Crippen LogP contribution in [0.3, 0.4) is 0 Å². The van der Waals surface area contributed by atoms with Gasteiger partial charge in [-0.3, -0.25) is 4.79 Å². The Morgan fingerprint density at radius 1 is 1.17 bits per heavy atom. The van der Waals surface area contributed by atoms with Crippen LogP contribution < -0.4 is 5.32 Å². The van der Waals surface area contributed by atoms with Gasteiger partial charge in [-0.1, -0.05) is 35.9 Å². The summed E-state index contributed by atoms with van der Waals surface area (Å²) < 4.78 is 34.9. The summed E-state index contributed by atoms with van der Waals surface area (Å²) in [5.74, 6) is -0.446. The van der Waals surface area contributed by atoms with Crippen LogP contribution in [-0.2, 0) is 15.6 Å². The van der Waals surface area contributed by atoms with Crippen molar-refractivity contribution in [2.45, 2.75) is 23.2 Å². The Hall–Kier alpha value is -1.92. The molecule has 0 spiro atoms. The molecule has 4 nitrogen and oxygen atoms in total. The van der Waals surface area contributed by atoms with Crippen LogP contribution in [0.4, 0.5) is 3.89 Å². The lowest BCUT2D eigenvalue weighted by Crippen LogP contribution is -2.32. The second-order valence-corrected chi connectivity index (χ2v) is 7.66. The molecule has 0 bridgehead atoms. The molecule has 0 aromatic heterocycles. The molecule has 0 atom stereocenters. The third-order valence-electron chi connectivity index (χ3n) is 4.26. The van der Waals surface area contributed by atoms with Crippen molar-refractivity contribution in [3.05, 3.63) is 64.7 Å². The highest BCUT2D eigenvalue weighted by Gasteiger charge is 2.45. The summed E-state index contributed by atoms with van der Waals surface area (Å²) in [5, 5.41) is 3.45. The molecular formula is C17H15ClFNO3S. The molecule has 126 valence electrons. The number of hydrogen-bond donors (Lipinski definition) is 1. The van der Waals surface area contributed by atoms with Crippen molar-refractivity contribution in [3.8, 4) is 0 Å². The molecule has 0 aliphatic heterocycles. The minimum Gasteiger partial charge on any atom is -0.351 e. The average molecular weight is 368 g/mol. The van der Waals surface area contributed by atoms with Gasteiger partial charge in [0.05, 0.1) is 4.90 Å². The number of rotatable bonds is 5. The summed E-state index contributed by atoms with van der Waals surface area (Å²) in [4.78, 5) is 11.7. The van der Waals surface area contributed by atoms with Gasteiger partial charge < -0.3 is 5.32 Å². The molecule has 2 aromatic carbocycles. The Morgan fingerprint density at radius 3 is 2.50 bits per heavy atom. The van der Waals surface area contributed by atoms with Crippen molar-refractivity contribution >= 4 is 27.7 Å². The molecule has 1 amide bonds. The normalized spacial score (nSPS) is 15.8. The molecule has 7 heteroatoms. The van der Waals surface area contributed by atoms with Crippen molar-refractivity contribution in [2.75, 3.05) is 6.54 Å². The fourth-order valence-corrected chi connectivity index (χ4v) is 3.57. The molecule has 1 aliphatic carbocycles. The lowest BCUT2D eigenvalue weighted by molar-refractivity contribution is 0.0949. The van der Waals surface area contributed by atoms with Gasteiger partial charge in [-0.15, -0.1) is 3.89 Å². The Labute approximate surface area is 144 Å². The van der Waals surface area contributed by atoms with Gasteiger partial charge in [0.1, 0.15) is 0 Å².